The standard InChI is InChI=1S/C31H21F4N3O2/c1-31(2,3)14-6-4-13(5-7-14)12-38-29(39)25-23-15-8-17(32)19(34)10-21(15)36-27(23)28-24(26(25)30(38)40)16-9-18(33)20(35)11-22(16)37-28/h4-11,36-37H,12H2,1-3H3. The van der Waals surface area contributed by atoms with Gasteiger partial charge in [-0.05, 0) is 28.7 Å². The molecule has 0 unspecified atom stereocenters. The van der Waals surface area contributed by atoms with Crippen LogP contribution in [0.15, 0.2) is 48.5 Å². The lowest BCUT2D eigenvalue weighted by Gasteiger charge is -2.20. The highest BCUT2D eigenvalue weighted by atomic mass is 19.2. The van der Waals surface area contributed by atoms with Gasteiger partial charge in [0.1, 0.15) is 0 Å². The zero-order valence-corrected chi connectivity index (χ0v) is 21.6. The Morgan fingerprint density at radius 3 is 1.52 bits per heavy atom. The second-order valence-electron chi connectivity index (χ2n) is 11.3. The minimum absolute atomic E-state index is 0.00158. The molecule has 6 aromatic rings. The number of aromatic nitrogens is 2. The Hall–Kier alpha value is -4.66. The summed E-state index contributed by atoms with van der Waals surface area (Å²) >= 11 is 0. The number of H-pyrrole nitrogens is 2. The van der Waals surface area contributed by atoms with E-state index in [2.05, 4.69) is 30.7 Å². The number of halogens is 4. The molecule has 5 nitrogen and oxygen atoms in total. The lowest BCUT2D eigenvalue weighted by Crippen LogP contribution is -2.29. The fraction of sp³-hybridized carbons (Fsp3) is 0.161. The van der Waals surface area contributed by atoms with Gasteiger partial charge in [0, 0.05) is 44.7 Å². The SMILES string of the molecule is CC(C)(C)c1ccc(CN2C(=O)c3c(c4c5cc(F)c(F)cc5[nH]c4c4[nH]c5cc(F)c(F)cc5c34)C2=O)cc1. The second-order valence-corrected chi connectivity index (χ2v) is 11.3. The van der Waals surface area contributed by atoms with Crippen LogP contribution in [0.2, 0.25) is 0 Å². The predicted octanol–water partition coefficient (Wildman–Crippen LogP) is 7.61. The van der Waals surface area contributed by atoms with Crippen LogP contribution >= 0.6 is 0 Å². The minimum Gasteiger partial charge on any atom is -0.353 e. The van der Waals surface area contributed by atoms with Gasteiger partial charge in [0.25, 0.3) is 11.8 Å². The Morgan fingerprint density at radius 1 is 0.675 bits per heavy atom. The lowest BCUT2D eigenvalue weighted by atomic mass is 9.87. The highest BCUT2D eigenvalue weighted by Gasteiger charge is 2.41. The van der Waals surface area contributed by atoms with Crippen molar-refractivity contribution in [3.05, 3.63) is 94.1 Å². The third kappa shape index (κ3) is 3.27. The first kappa shape index (κ1) is 24.4. The maximum absolute atomic E-state index is 14.4. The molecule has 3 heterocycles. The van der Waals surface area contributed by atoms with E-state index in [1.807, 2.05) is 24.3 Å². The summed E-state index contributed by atoms with van der Waals surface area (Å²) in [5.41, 5.74) is 2.72. The van der Waals surface area contributed by atoms with Crippen LogP contribution < -0.4 is 0 Å². The van der Waals surface area contributed by atoms with Gasteiger partial charge in [-0.3, -0.25) is 14.5 Å². The third-order valence-corrected chi connectivity index (χ3v) is 7.76. The number of benzene rings is 4. The fourth-order valence-electron chi connectivity index (χ4n) is 5.75. The molecule has 9 heteroatoms. The van der Waals surface area contributed by atoms with Gasteiger partial charge >= 0.3 is 0 Å². The summed E-state index contributed by atoms with van der Waals surface area (Å²) < 4.78 is 57.1. The van der Waals surface area contributed by atoms with Crippen LogP contribution in [-0.4, -0.2) is 26.7 Å². The quantitative estimate of drug-likeness (QED) is 0.174. The smallest absolute Gasteiger partial charge is 0.262 e. The van der Waals surface area contributed by atoms with Gasteiger partial charge in [0.15, 0.2) is 23.3 Å². The van der Waals surface area contributed by atoms with E-state index in [4.69, 9.17) is 0 Å². The zero-order valence-electron chi connectivity index (χ0n) is 21.6. The number of amides is 2. The van der Waals surface area contributed by atoms with Gasteiger partial charge in [0.05, 0.1) is 28.7 Å². The van der Waals surface area contributed by atoms with Crippen LogP contribution in [0, 0.1) is 23.3 Å². The van der Waals surface area contributed by atoms with Gasteiger partial charge in [-0.25, -0.2) is 17.6 Å². The number of nitrogens with zero attached hydrogens (tertiary/aromatic N) is 1. The molecule has 2 N–H and O–H groups in total. The maximum Gasteiger partial charge on any atom is 0.262 e. The van der Waals surface area contributed by atoms with Crippen molar-refractivity contribution in [2.24, 2.45) is 0 Å². The van der Waals surface area contributed by atoms with Crippen molar-refractivity contribution in [1.29, 1.82) is 0 Å². The van der Waals surface area contributed by atoms with Crippen LogP contribution in [0.25, 0.3) is 43.6 Å². The van der Waals surface area contributed by atoms with Crippen LogP contribution in [0.4, 0.5) is 17.6 Å². The molecule has 4 aromatic carbocycles. The Balaban J connectivity index is 1.52. The molecule has 1 aliphatic rings. The first-order valence-electron chi connectivity index (χ1n) is 12.7. The maximum atomic E-state index is 14.4. The van der Waals surface area contributed by atoms with E-state index in [0.29, 0.717) is 16.6 Å². The molecule has 200 valence electrons. The molecule has 0 fully saturated rings. The second kappa shape index (κ2) is 7.94. The van der Waals surface area contributed by atoms with Gasteiger partial charge in [0.2, 0.25) is 0 Å². The lowest BCUT2D eigenvalue weighted by molar-refractivity contribution is 0.0643. The highest BCUT2D eigenvalue weighted by Crippen LogP contribution is 2.44. The molecule has 0 atom stereocenters. The van der Waals surface area contributed by atoms with Crippen LogP contribution in [-0.2, 0) is 12.0 Å². The van der Waals surface area contributed by atoms with E-state index >= 15 is 0 Å². The van der Waals surface area contributed by atoms with Gasteiger partial charge in [-0.1, -0.05) is 45.0 Å². The number of carbonyl (C=O) groups is 2. The third-order valence-electron chi connectivity index (χ3n) is 7.76. The van der Waals surface area contributed by atoms with Crippen LogP contribution in [0.5, 0.6) is 0 Å². The van der Waals surface area contributed by atoms with Crippen LogP contribution in [0.3, 0.4) is 0 Å². The molecule has 7 rings (SSSR count). The van der Waals surface area contributed by atoms with Crippen LogP contribution in [0.1, 0.15) is 52.6 Å². The van der Waals surface area contributed by atoms with E-state index in [-0.39, 0.29) is 55.7 Å². The summed E-state index contributed by atoms with van der Waals surface area (Å²) in [6.07, 6.45) is 0. The number of fused-ring (bicyclic) bond motifs is 10. The van der Waals surface area contributed by atoms with E-state index in [1.165, 1.54) is 0 Å². The Morgan fingerprint density at radius 2 is 1.10 bits per heavy atom. The van der Waals surface area contributed by atoms with E-state index in [9.17, 15) is 27.2 Å². The van der Waals surface area contributed by atoms with Crippen molar-refractivity contribution >= 4 is 55.4 Å². The summed E-state index contributed by atoms with van der Waals surface area (Å²) in [7, 11) is 0. The number of nitrogens with one attached hydrogen (secondary N) is 2. The number of imide groups is 1. The molecule has 0 bridgehead atoms. The van der Waals surface area contributed by atoms with Gasteiger partial charge in [-0.2, -0.15) is 0 Å². The molecule has 1 aliphatic heterocycles. The molecule has 0 aliphatic carbocycles. The number of carbonyl (C=O) groups excluding carboxylic acids is 2. The van der Waals surface area contributed by atoms with E-state index < -0.39 is 35.1 Å². The molecule has 2 amide bonds. The van der Waals surface area contributed by atoms with Crippen molar-refractivity contribution in [3.8, 4) is 0 Å². The van der Waals surface area contributed by atoms with E-state index in [1.54, 1.807) is 0 Å². The molecule has 0 saturated heterocycles. The summed E-state index contributed by atoms with van der Waals surface area (Å²) in [4.78, 5) is 35.0. The molecule has 0 spiro atoms. The van der Waals surface area contributed by atoms with Crippen molar-refractivity contribution < 1.29 is 27.2 Å². The van der Waals surface area contributed by atoms with Gasteiger partial charge in [-0.15, -0.1) is 0 Å². The molecular formula is C31H21F4N3O2. The average Bonchev–Trinajstić information content (AvgIpc) is 3.51. The zero-order chi connectivity index (χ0) is 28.2. The van der Waals surface area contributed by atoms with E-state index in [0.717, 1.165) is 34.7 Å². The first-order chi connectivity index (χ1) is 18.9. The number of hydrogen-bond acceptors (Lipinski definition) is 2. The molecule has 2 aromatic heterocycles. The fourth-order valence-corrected chi connectivity index (χ4v) is 5.75. The highest BCUT2D eigenvalue weighted by molar-refractivity contribution is 6.39. The molecular weight excluding hydrogens is 522 g/mol. The van der Waals surface area contributed by atoms with Crippen molar-refractivity contribution in [2.75, 3.05) is 0 Å². The first-order valence-corrected chi connectivity index (χ1v) is 12.7. The Kier molecular flexibility index (Phi) is 4.84. The average molecular weight is 544 g/mol. The Labute approximate surface area is 224 Å². The molecule has 0 radical (unpaired) electrons. The Bertz CT molecular complexity index is 1980. The summed E-state index contributed by atoms with van der Waals surface area (Å²) in [5.74, 6) is -5.64. The van der Waals surface area contributed by atoms with Crippen molar-refractivity contribution in [2.45, 2.75) is 32.7 Å². The van der Waals surface area contributed by atoms with Crippen molar-refractivity contribution in [1.82, 2.24) is 14.9 Å². The van der Waals surface area contributed by atoms with Gasteiger partial charge < -0.3 is 9.97 Å². The summed E-state index contributed by atoms with van der Waals surface area (Å²) in [6.45, 7) is 6.20. The summed E-state index contributed by atoms with van der Waals surface area (Å²) in [6, 6.07) is 11.5. The number of aromatic amines is 2. The monoisotopic (exact) mass is 543 g/mol. The normalized spacial score (nSPS) is 14.0. The predicted molar refractivity (Wildman–Crippen MR) is 144 cm³/mol. The molecule has 0 saturated carbocycles. The minimum atomic E-state index is -1.12. The number of hydrogen-bond donors (Lipinski definition) is 2. The number of rotatable bonds is 2. The topological polar surface area (TPSA) is 69.0 Å². The molecule has 40 heavy (non-hydrogen) atoms. The summed E-state index contributed by atoms with van der Waals surface area (Å²) in [5, 5.41) is 0.877. The largest absolute Gasteiger partial charge is 0.353 e. The van der Waals surface area contributed by atoms with Crippen molar-refractivity contribution in [3.63, 3.8) is 0 Å².